The van der Waals surface area contributed by atoms with Gasteiger partial charge in [-0.3, -0.25) is 4.79 Å². The molecule has 54 valence electrons. The second-order valence-corrected chi connectivity index (χ2v) is 2.15. The molecule has 0 aliphatic heterocycles. The molecule has 1 atom stereocenters. The van der Waals surface area contributed by atoms with E-state index in [1.165, 1.54) is 0 Å². The molecule has 0 aliphatic rings. The SMILES string of the molecule is CCC[C@@H](N)CC(=O)O. The summed E-state index contributed by atoms with van der Waals surface area (Å²) in [4.78, 5) is 10.0. The summed E-state index contributed by atoms with van der Waals surface area (Å²) in [5.41, 5.74) is 5.40. The van der Waals surface area contributed by atoms with Gasteiger partial charge in [-0.2, -0.15) is 0 Å². The van der Waals surface area contributed by atoms with Gasteiger partial charge in [0.1, 0.15) is 0 Å². The first-order chi connectivity index (χ1) is 4.16. The minimum Gasteiger partial charge on any atom is -0.481 e. The Kier molecular flexibility index (Phi) is 4.05. The third-order valence-electron chi connectivity index (χ3n) is 1.10. The van der Waals surface area contributed by atoms with E-state index in [9.17, 15) is 4.79 Å². The van der Waals surface area contributed by atoms with E-state index in [1.54, 1.807) is 0 Å². The lowest BCUT2D eigenvalue weighted by Crippen LogP contribution is -2.22. The summed E-state index contributed by atoms with van der Waals surface area (Å²) in [5.74, 6) is -0.809. The fourth-order valence-electron chi connectivity index (χ4n) is 0.697. The summed E-state index contributed by atoms with van der Waals surface area (Å²) >= 11 is 0. The van der Waals surface area contributed by atoms with Crippen molar-refractivity contribution in [2.45, 2.75) is 32.2 Å². The van der Waals surface area contributed by atoms with Crippen LogP contribution in [0.5, 0.6) is 0 Å². The average Bonchev–Trinajstić information content (AvgIpc) is 1.63. The smallest absolute Gasteiger partial charge is 0.304 e. The molecule has 3 nitrogen and oxygen atoms in total. The number of carboxylic acid groups (broad SMARTS) is 1. The van der Waals surface area contributed by atoms with Gasteiger partial charge in [-0.15, -0.1) is 0 Å². The van der Waals surface area contributed by atoms with E-state index >= 15 is 0 Å². The Morgan fingerprint density at radius 1 is 1.78 bits per heavy atom. The van der Waals surface area contributed by atoms with Gasteiger partial charge in [0, 0.05) is 6.04 Å². The quantitative estimate of drug-likeness (QED) is 0.587. The Hall–Kier alpha value is -0.570. The van der Waals surface area contributed by atoms with Crippen molar-refractivity contribution >= 4 is 5.97 Å². The van der Waals surface area contributed by atoms with Crippen LogP contribution < -0.4 is 5.73 Å². The molecule has 0 amide bonds. The van der Waals surface area contributed by atoms with Crippen LogP contribution in [0.1, 0.15) is 26.2 Å². The predicted octanol–water partition coefficient (Wildman–Crippen LogP) is 0.589. The fraction of sp³-hybridized carbons (Fsp3) is 0.833. The molecule has 0 unspecified atom stereocenters. The summed E-state index contributed by atoms with van der Waals surface area (Å²) in [6.07, 6.45) is 1.84. The third-order valence-corrected chi connectivity index (χ3v) is 1.10. The van der Waals surface area contributed by atoms with Gasteiger partial charge in [0.15, 0.2) is 0 Å². The van der Waals surface area contributed by atoms with Crippen molar-refractivity contribution in [2.75, 3.05) is 0 Å². The average molecular weight is 131 g/mol. The van der Waals surface area contributed by atoms with E-state index in [2.05, 4.69) is 0 Å². The molecule has 0 rings (SSSR count). The molecule has 0 aliphatic carbocycles. The van der Waals surface area contributed by atoms with Crippen molar-refractivity contribution in [3.05, 3.63) is 0 Å². The maximum Gasteiger partial charge on any atom is 0.304 e. The van der Waals surface area contributed by atoms with Gasteiger partial charge < -0.3 is 10.8 Å². The van der Waals surface area contributed by atoms with Crippen LogP contribution in [0.3, 0.4) is 0 Å². The van der Waals surface area contributed by atoms with Crippen LogP contribution in [0.25, 0.3) is 0 Å². The molecule has 0 aromatic heterocycles. The van der Waals surface area contributed by atoms with Crippen LogP contribution in [0.2, 0.25) is 0 Å². The first kappa shape index (κ1) is 8.43. The molecule has 3 N–H and O–H groups in total. The normalized spacial score (nSPS) is 13.1. The molecule has 0 spiro atoms. The molecule has 0 aromatic rings. The van der Waals surface area contributed by atoms with Gasteiger partial charge in [0.05, 0.1) is 6.42 Å². The van der Waals surface area contributed by atoms with Crippen LogP contribution >= 0.6 is 0 Å². The highest BCUT2D eigenvalue weighted by Gasteiger charge is 2.04. The molecule has 0 saturated carbocycles. The van der Waals surface area contributed by atoms with Crippen molar-refractivity contribution in [1.82, 2.24) is 0 Å². The van der Waals surface area contributed by atoms with Crippen molar-refractivity contribution in [2.24, 2.45) is 5.73 Å². The van der Waals surface area contributed by atoms with Crippen LogP contribution in [0.15, 0.2) is 0 Å². The van der Waals surface area contributed by atoms with Gasteiger partial charge in [0.2, 0.25) is 0 Å². The lowest BCUT2D eigenvalue weighted by atomic mass is 10.1. The van der Waals surface area contributed by atoms with E-state index < -0.39 is 5.97 Å². The summed E-state index contributed by atoms with van der Waals surface area (Å²) in [5, 5.41) is 8.23. The molecule has 0 radical (unpaired) electrons. The number of hydrogen-bond donors (Lipinski definition) is 2. The zero-order chi connectivity index (χ0) is 7.28. The van der Waals surface area contributed by atoms with Gasteiger partial charge in [-0.05, 0) is 6.42 Å². The Labute approximate surface area is 54.9 Å². The molecule has 0 saturated heterocycles. The van der Waals surface area contributed by atoms with E-state index in [0.29, 0.717) is 0 Å². The minimum atomic E-state index is -0.809. The van der Waals surface area contributed by atoms with E-state index in [1.807, 2.05) is 6.92 Å². The summed E-state index contributed by atoms with van der Waals surface area (Å²) < 4.78 is 0. The first-order valence-corrected chi connectivity index (χ1v) is 3.14. The molecular formula is C6H13NO2. The predicted molar refractivity (Wildman–Crippen MR) is 35.1 cm³/mol. The second kappa shape index (κ2) is 4.32. The number of nitrogens with two attached hydrogens (primary N) is 1. The summed E-state index contributed by atoms with van der Waals surface area (Å²) in [7, 11) is 0. The third kappa shape index (κ3) is 5.30. The van der Waals surface area contributed by atoms with Crippen molar-refractivity contribution in [3.8, 4) is 0 Å². The Bertz CT molecular complexity index is 93.1. The molecule has 9 heavy (non-hydrogen) atoms. The van der Waals surface area contributed by atoms with Crippen molar-refractivity contribution in [3.63, 3.8) is 0 Å². The summed E-state index contributed by atoms with van der Waals surface area (Å²) in [6.45, 7) is 1.99. The van der Waals surface area contributed by atoms with E-state index in [0.717, 1.165) is 12.8 Å². The fourth-order valence-corrected chi connectivity index (χ4v) is 0.697. The van der Waals surface area contributed by atoms with Crippen LogP contribution in [0.4, 0.5) is 0 Å². The number of rotatable bonds is 4. The molecule has 0 fully saturated rings. The van der Waals surface area contributed by atoms with Gasteiger partial charge in [-0.25, -0.2) is 0 Å². The molecular weight excluding hydrogens is 118 g/mol. The van der Waals surface area contributed by atoms with Crippen LogP contribution in [-0.2, 0) is 4.79 Å². The largest absolute Gasteiger partial charge is 0.481 e. The first-order valence-electron chi connectivity index (χ1n) is 3.14. The van der Waals surface area contributed by atoms with Crippen molar-refractivity contribution in [1.29, 1.82) is 0 Å². The lowest BCUT2D eigenvalue weighted by Gasteiger charge is -2.04. The Morgan fingerprint density at radius 2 is 2.33 bits per heavy atom. The maximum atomic E-state index is 10.0. The minimum absolute atomic E-state index is 0.0911. The maximum absolute atomic E-state index is 10.0. The van der Waals surface area contributed by atoms with E-state index in [-0.39, 0.29) is 12.5 Å². The van der Waals surface area contributed by atoms with E-state index in [4.69, 9.17) is 10.8 Å². The Balaban J connectivity index is 3.26. The van der Waals surface area contributed by atoms with Crippen LogP contribution in [-0.4, -0.2) is 17.1 Å². The topological polar surface area (TPSA) is 63.3 Å². The lowest BCUT2D eigenvalue weighted by molar-refractivity contribution is -0.137. The molecule has 0 aromatic carbocycles. The Morgan fingerprint density at radius 3 is 2.67 bits per heavy atom. The molecule has 0 heterocycles. The number of carboxylic acids is 1. The van der Waals surface area contributed by atoms with Crippen LogP contribution in [0, 0.1) is 0 Å². The highest BCUT2D eigenvalue weighted by Crippen LogP contribution is 1.96. The number of carbonyl (C=O) groups is 1. The zero-order valence-corrected chi connectivity index (χ0v) is 5.63. The highest BCUT2D eigenvalue weighted by molar-refractivity contribution is 5.67. The standard InChI is InChI=1S/C6H13NO2/c1-2-3-5(7)4-6(8)9/h5H,2-4,7H2,1H3,(H,8,9)/t5-/m1/s1. The molecule has 3 heteroatoms. The van der Waals surface area contributed by atoms with Gasteiger partial charge in [-0.1, -0.05) is 13.3 Å². The summed E-state index contributed by atoms with van der Waals surface area (Å²) in [6, 6.07) is -0.160. The van der Waals surface area contributed by atoms with Gasteiger partial charge >= 0.3 is 5.97 Å². The number of hydrogen-bond acceptors (Lipinski definition) is 2. The van der Waals surface area contributed by atoms with Gasteiger partial charge in [0.25, 0.3) is 0 Å². The zero-order valence-electron chi connectivity index (χ0n) is 5.63. The molecule has 0 bridgehead atoms. The highest BCUT2D eigenvalue weighted by atomic mass is 16.4. The number of aliphatic carboxylic acids is 1. The van der Waals surface area contributed by atoms with Crippen molar-refractivity contribution < 1.29 is 9.90 Å². The second-order valence-electron chi connectivity index (χ2n) is 2.15. The monoisotopic (exact) mass is 131 g/mol.